The van der Waals surface area contributed by atoms with Crippen molar-refractivity contribution in [2.75, 3.05) is 56.6 Å². The first-order chi connectivity index (χ1) is 41.2. The van der Waals surface area contributed by atoms with E-state index in [2.05, 4.69) is 50.5 Å². The molecule has 85 heavy (non-hydrogen) atoms. The van der Waals surface area contributed by atoms with Crippen molar-refractivity contribution in [3.63, 3.8) is 0 Å². The molecule has 24 heteroatoms. The molecule has 0 fully saturated rings. The molecular weight excluding hydrogens is 1110 g/mol. The van der Waals surface area contributed by atoms with E-state index in [9.17, 15) is 13.6 Å². The van der Waals surface area contributed by atoms with Crippen LogP contribution in [-0.4, -0.2) is 74.1 Å². The molecule has 0 saturated heterocycles. The van der Waals surface area contributed by atoms with E-state index in [1.54, 1.807) is 123 Å². The summed E-state index contributed by atoms with van der Waals surface area (Å²) in [5.41, 5.74) is 27.3. The summed E-state index contributed by atoms with van der Waals surface area (Å²) in [4.78, 5) is 44.9. The van der Waals surface area contributed by atoms with Gasteiger partial charge in [0.1, 0.15) is 51.4 Å². The fourth-order valence-electron chi connectivity index (χ4n) is 7.97. The van der Waals surface area contributed by atoms with Crippen LogP contribution >= 0.6 is 11.6 Å². The molecule has 0 radical (unpaired) electrons. The molecule has 428 valence electrons. The van der Waals surface area contributed by atoms with Gasteiger partial charge in [0.05, 0.1) is 48.5 Å². The highest BCUT2D eigenvalue weighted by molar-refractivity contribution is 6.30. The van der Waals surface area contributed by atoms with E-state index in [0.29, 0.717) is 95.1 Å². The minimum atomic E-state index is -0.572. The van der Waals surface area contributed by atoms with E-state index in [4.69, 9.17) is 63.0 Å². The van der Waals surface area contributed by atoms with Gasteiger partial charge in [-0.15, -0.1) is 0 Å². The number of amides is 1. The zero-order chi connectivity index (χ0) is 60.0. The Hall–Kier alpha value is -11.5. The van der Waals surface area contributed by atoms with E-state index >= 15 is 0 Å². The molecule has 0 saturated carbocycles. The van der Waals surface area contributed by atoms with Gasteiger partial charge in [0.15, 0.2) is 40.5 Å². The van der Waals surface area contributed by atoms with Crippen LogP contribution in [0.3, 0.4) is 0 Å². The van der Waals surface area contributed by atoms with Crippen LogP contribution in [0.25, 0.3) is 43.6 Å². The second-order valence-corrected chi connectivity index (χ2v) is 18.1. The number of rotatable bonds is 12. The molecule has 21 nitrogen and oxygen atoms in total. The molecule has 0 aliphatic carbocycles. The fourth-order valence-corrected chi connectivity index (χ4v) is 8.12. The number of ether oxygens (including phenoxy) is 6. The first-order valence-electron chi connectivity index (χ1n) is 25.4. The molecular formula is C61H51ClF2N14O7. The van der Waals surface area contributed by atoms with Gasteiger partial charge in [0.25, 0.3) is 5.91 Å². The lowest BCUT2D eigenvalue weighted by atomic mass is 10.2. The maximum Gasteiger partial charge on any atom is 0.269 e. The SMILES string of the molecule is CNC(=O)c1cc2c(Oc3ccc(N)cc3)ccnc2cn1.CNc1nccc2c(Oc3ccc(N)cc3)ccnc12.COc1cc2ncnc(Oc3ccc(N)cc3F)c2cc1OC.Nc1ccc(Oc2ccnc3cnc(Cl)cc23)c(F)c1. The topological polar surface area (TPSA) is 304 Å². The van der Waals surface area contributed by atoms with Gasteiger partial charge < -0.3 is 62.0 Å². The number of hydrogen-bond acceptors (Lipinski definition) is 20. The smallest absolute Gasteiger partial charge is 0.269 e. The Morgan fingerprint density at radius 3 is 1.55 bits per heavy atom. The molecule has 12 aromatic rings. The van der Waals surface area contributed by atoms with Crippen molar-refractivity contribution in [3.05, 3.63) is 199 Å². The van der Waals surface area contributed by atoms with Crippen LogP contribution in [-0.2, 0) is 0 Å². The molecule has 0 bridgehead atoms. The molecule has 0 atom stereocenters. The van der Waals surface area contributed by atoms with Crippen molar-refractivity contribution in [1.82, 2.24) is 45.2 Å². The average Bonchev–Trinajstić information content (AvgIpc) is 3.61. The summed E-state index contributed by atoms with van der Waals surface area (Å²) in [5, 5.41) is 8.73. The van der Waals surface area contributed by atoms with Gasteiger partial charge in [-0.1, -0.05) is 11.6 Å². The van der Waals surface area contributed by atoms with E-state index in [1.165, 1.54) is 51.0 Å². The van der Waals surface area contributed by atoms with Crippen molar-refractivity contribution in [2.24, 2.45) is 0 Å². The summed E-state index contributed by atoms with van der Waals surface area (Å²) in [5.74, 6) is 3.87. The minimum absolute atomic E-state index is 0.0222. The number of pyridine rings is 6. The Morgan fingerprint density at radius 1 is 0.459 bits per heavy atom. The second kappa shape index (κ2) is 26.9. The Balaban J connectivity index is 0.000000136. The van der Waals surface area contributed by atoms with Gasteiger partial charge in [-0.3, -0.25) is 19.7 Å². The number of nitrogens with zero attached hydrogens (tertiary/aromatic N) is 8. The third-order valence-electron chi connectivity index (χ3n) is 12.1. The second-order valence-electron chi connectivity index (χ2n) is 17.8. The first kappa shape index (κ1) is 58.2. The van der Waals surface area contributed by atoms with Crippen LogP contribution in [0.4, 0.5) is 37.3 Å². The third kappa shape index (κ3) is 14.4. The monoisotopic (exact) mass is 1160 g/mol. The summed E-state index contributed by atoms with van der Waals surface area (Å²) in [6, 6.07) is 36.5. The Labute approximate surface area is 488 Å². The zero-order valence-corrected chi connectivity index (χ0v) is 46.4. The number of methoxy groups -OCH3 is 2. The van der Waals surface area contributed by atoms with Crippen molar-refractivity contribution >= 4 is 89.7 Å². The predicted octanol–water partition coefficient (Wildman–Crippen LogP) is 12.4. The molecule has 0 spiro atoms. The summed E-state index contributed by atoms with van der Waals surface area (Å²) < 4.78 is 61.1. The van der Waals surface area contributed by atoms with E-state index in [-0.39, 0.29) is 23.3 Å². The van der Waals surface area contributed by atoms with Gasteiger partial charge in [-0.25, -0.2) is 33.7 Å². The number of anilines is 5. The number of nitrogen functional groups attached to an aromatic ring is 4. The first-order valence-corrected chi connectivity index (χ1v) is 25.8. The molecule has 7 aromatic heterocycles. The fraction of sp³-hybridized carbons (Fsp3) is 0.0656. The van der Waals surface area contributed by atoms with Crippen molar-refractivity contribution in [1.29, 1.82) is 0 Å². The molecule has 0 unspecified atom stereocenters. The Kier molecular flexibility index (Phi) is 18.4. The standard InChI is InChI=1S/C16H14FN3O3.C16H14N4O2.C15H14N4O.C14H9ClFN3O/c1-21-14-6-10-12(7-15(14)22-2)19-8-20-16(10)23-13-4-3-9(18)5-11(13)17;1-18-16(21)13-8-12-14(9-20-13)19-7-6-15(12)22-11-4-2-10(17)3-5-11;1-17-15-14-12(6-8-19-15)13(7-9-18-14)20-11-4-2-10(16)3-5-11;15-14-6-9-11(7-19-14)18-4-3-12(9)20-13-2-1-8(17)5-10(13)16/h3-8H,18H2,1-2H3;2-9H,17H2,1H3,(H,18,21);2-9H,16H2,1H3,(H,17,19);1-7H,17H2. The van der Waals surface area contributed by atoms with Gasteiger partial charge in [-0.05, 0) is 115 Å². The Bertz CT molecular complexity index is 4350. The minimum Gasteiger partial charge on any atom is -0.493 e. The summed E-state index contributed by atoms with van der Waals surface area (Å²) >= 11 is 5.86. The maximum absolute atomic E-state index is 13.9. The summed E-state index contributed by atoms with van der Waals surface area (Å²) in [7, 11) is 6.43. The Morgan fingerprint density at radius 2 is 0.976 bits per heavy atom. The van der Waals surface area contributed by atoms with Crippen molar-refractivity contribution in [3.8, 4) is 57.6 Å². The third-order valence-corrected chi connectivity index (χ3v) is 12.3. The highest BCUT2D eigenvalue weighted by Crippen LogP contribution is 2.38. The van der Waals surface area contributed by atoms with Crippen LogP contribution in [0.5, 0.6) is 57.6 Å². The molecule has 12 rings (SSSR count). The van der Waals surface area contributed by atoms with Gasteiger partial charge in [0, 0.05) is 96.0 Å². The van der Waals surface area contributed by atoms with E-state index < -0.39 is 11.6 Å². The summed E-state index contributed by atoms with van der Waals surface area (Å²) in [6.07, 6.45) is 11.0. The lowest BCUT2D eigenvalue weighted by Crippen LogP contribution is -2.19. The van der Waals surface area contributed by atoms with Crippen LogP contribution < -0.4 is 62.0 Å². The van der Waals surface area contributed by atoms with Crippen molar-refractivity contribution in [2.45, 2.75) is 0 Å². The van der Waals surface area contributed by atoms with Crippen molar-refractivity contribution < 1.29 is 42.0 Å². The lowest BCUT2D eigenvalue weighted by molar-refractivity contribution is 0.0958. The predicted molar refractivity (Wildman–Crippen MR) is 323 cm³/mol. The van der Waals surface area contributed by atoms with Crippen LogP contribution in [0.15, 0.2) is 177 Å². The van der Waals surface area contributed by atoms with Crippen LogP contribution in [0.2, 0.25) is 5.15 Å². The molecule has 0 aliphatic rings. The molecule has 0 aliphatic heterocycles. The number of halogens is 3. The lowest BCUT2D eigenvalue weighted by Gasteiger charge is -2.11. The summed E-state index contributed by atoms with van der Waals surface area (Å²) in [6.45, 7) is 0. The quantitative estimate of drug-likeness (QED) is 0.0489. The number of carbonyl (C=O) groups excluding carboxylic acids is 1. The van der Waals surface area contributed by atoms with Crippen LogP contribution in [0, 0.1) is 11.6 Å². The largest absolute Gasteiger partial charge is 0.493 e. The number of fused-ring (bicyclic) bond motifs is 4. The number of aromatic nitrogens is 8. The van der Waals surface area contributed by atoms with Gasteiger partial charge in [-0.2, -0.15) is 0 Å². The van der Waals surface area contributed by atoms with Gasteiger partial charge >= 0.3 is 0 Å². The van der Waals surface area contributed by atoms with Crippen LogP contribution in [0.1, 0.15) is 10.5 Å². The van der Waals surface area contributed by atoms with E-state index in [1.807, 2.05) is 31.3 Å². The zero-order valence-electron chi connectivity index (χ0n) is 45.6. The number of nitrogens with two attached hydrogens (primary N) is 4. The number of benzene rings is 5. The normalized spacial score (nSPS) is 10.5. The molecule has 10 N–H and O–H groups in total. The number of nitrogens with one attached hydrogen (secondary N) is 2. The van der Waals surface area contributed by atoms with E-state index in [0.717, 1.165) is 28.2 Å². The maximum atomic E-state index is 13.9. The number of hydrogen-bond donors (Lipinski definition) is 6. The molecule has 1 amide bonds. The molecule has 7 heterocycles. The highest BCUT2D eigenvalue weighted by Gasteiger charge is 2.16. The van der Waals surface area contributed by atoms with Gasteiger partial charge in [0.2, 0.25) is 5.88 Å². The highest BCUT2D eigenvalue weighted by atomic mass is 35.5. The number of carbonyl (C=O) groups is 1. The average molecular weight is 1170 g/mol. The molecule has 5 aromatic carbocycles.